The molecule has 152 valence electrons. The molecule has 4 rings (SSSR count). The van der Waals surface area contributed by atoms with Crippen LogP contribution in [0.1, 0.15) is 22.5 Å². The van der Waals surface area contributed by atoms with Gasteiger partial charge in [0.1, 0.15) is 5.82 Å². The summed E-state index contributed by atoms with van der Waals surface area (Å²) < 4.78 is 3.31. The van der Waals surface area contributed by atoms with Crippen molar-refractivity contribution in [1.82, 2.24) is 14.9 Å². The zero-order valence-corrected chi connectivity index (χ0v) is 18.5. The van der Waals surface area contributed by atoms with Gasteiger partial charge < -0.3 is 9.88 Å². The summed E-state index contributed by atoms with van der Waals surface area (Å²) in [6, 6.07) is 24.5. The summed E-state index contributed by atoms with van der Waals surface area (Å²) in [5.74, 6) is 1.02. The molecule has 4 nitrogen and oxygen atoms in total. The van der Waals surface area contributed by atoms with Gasteiger partial charge in [0, 0.05) is 24.0 Å². The smallest absolute Gasteiger partial charge is 0.224 e. The minimum absolute atomic E-state index is 0.0415. The molecule has 5 heteroatoms. The molecule has 4 aromatic rings. The lowest BCUT2D eigenvalue weighted by atomic mass is 10.1. The van der Waals surface area contributed by atoms with Crippen LogP contribution in [0.4, 0.5) is 0 Å². The Morgan fingerprint density at radius 3 is 2.53 bits per heavy atom. The lowest BCUT2D eigenvalue weighted by Crippen LogP contribution is -2.28. The minimum Gasteiger partial charge on any atom is -0.355 e. The lowest BCUT2D eigenvalue weighted by molar-refractivity contribution is -0.120. The highest BCUT2D eigenvalue weighted by Gasteiger charge is 2.12. The number of carbonyl (C=O) groups excluding carboxylic acids is 1. The highest BCUT2D eigenvalue weighted by molar-refractivity contribution is 9.10. The van der Waals surface area contributed by atoms with Gasteiger partial charge in [0.05, 0.1) is 17.5 Å². The van der Waals surface area contributed by atoms with Crippen LogP contribution in [-0.2, 0) is 24.2 Å². The lowest BCUT2D eigenvalue weighted by Gasteiger charge is -2.11. The molecule has 1 heterocycles. The fourth-order valence-corrected chi connectivity index (χ4v) is 3.89. The number of halogens is 1. The van der Waals surface area contributed by atoms with Crippen LogP contribution in [0.25, 0.3) is 11.0 Å². The van der Waals surface area contributed by atoms with E-state index >= 15 is 0 Å². The van der Waals surface area contributed by atoms with E-state index in [1.54, 1.807) is 0 Å². The molecule has 0 fully saturated rings. The number of nitrogens with one attached hydrogen (secondary N) is 1. The number of carbonyl (C=O) groups is 1. The summed E-state index contributed by atoms with van der Waals surface area (Å²) in [6.07, 6.45) is 1.09. The summed E-state index contributed by atoms with van der Waals surface area (Å²) in [6.45, 7) is 3.35. The highest BCUT2D eigenvalue weighted by atomic mass is 79.9. The van der Waals surface area contributed by atoms with Gasteiger partial charge in [-0.3, -0.25) is 4.79 Å². The number of rotatable bonds is 7. The monoisotopic (exact) mass is 461 g/mol. The summed E-state index contributed by atoms with van der Waals surface area (Å²) in [7, 11) is 0. The molecule has 0 aliphatic rings. The predicted octanol–water partition coefficient (Wildman–Crippen LogP) is 5.06. The Bertz CT molecular complexity index is 1160. The standard InChI is InChI=1S/C25H24BrN3O/c1-18-6-2-3-7-20(18)16-25(30)27-15-14-24-28-22-8-4-5-9-23(22)29(24)17-19-10-12-21(26)13-11-19/h2-13H,14-17H2,1H3,(H,27,30). The number of amides is 1. The topological polar surface area (TPSA) is 46.9 Å². The molecule has 0 spiro atoms. The Hall–Kier alpha value is -2.92. The Kier molecular flexibility index (Phi) is 6.29. The molecule has 0 aliphatic carbocycles. The molecule has 1 amide bonds. The van der Waals surface area contributed by atoms with Crippen LogP contribution in [0.15, 0.2) is 77.3 Å². The molecule has 0 unspecified atom stereocenters. The van der Waals surface area contributed by atoms with E-state index in [9.17, 15) is 4.79 Å². The van der Waals surface area contributed by atoms with Gasteiger partial charge in [-0.15, -0.1) is 0 Å². The Labute approximate surface area is 185 Å². The maximum absolute atomic E-state index is 12.4. The zero-order chi connectivity index (χ0) is 20.9. The predicted molar refractivity (Wildman–Crippen MR) is 125 cm³/mol. The van der Waals surface area contributed by atoms with Crippen molar-refractivity contribution in [3.05, 3.63) is 99.8 Å². The number of para-hydroxylation sites is 2. The second kappa shape index (κ2) is 9.26. The largest absolute Gasteiger partial charge is 0.355 e. The number of hydrogen-bond acceptors (Lipinski definition) is 2. The van der Waals surface area contributed by atoms with Crippen LogP contribution in [0.5, 0.6) is 0 Å². The maximum atomic E-state index is 12.4. The average molecular weight is 462 g/mol. The third kappa shape index (κ3) is 4.79. The van der Waals surface area contributed by atoms with Crippen LogP contribution in [0, 0.1) is 6.92 Å². The van der Waals surface area contributed by atoms with Gasteiger partial charge >= 0.3 is 0 Å². The van der Waals surface area contributed by atoms with Gasteiger partial charge in [-0.05, 0) is 47.9 Å². The van der Waals surface area contributed by atoms with E-state index in [1.165, 1.54) is 5.56 Å². The molecule has 0 bridgehead atoms. The maximum Gasteiger partial charge on any atom is 0.224 e. The van der Waals surface area contributed by atoms with Gasteiger partial charge in [0.25, 0.3) is 0 Å². The molecule has 1 aromatic heterocycles. The molecule has 3 aromatic carbocycles. The number of hydrogen-bond donors (Lipinski definition) is 1. The third-order valence-electron chi connectivity index (χ3n) is 5.27. The Morgan fingerprint density at radius 1 is 1.00 bits per heavy atom. The van der Waals surface area contributed by atoms with Gasteiger partial charge in [0.15, 0.2) is 0 Å². The number of nitrogens with zero attached hydrogens (tertiary/aromatic N) is 2. The SMILES string of the molecule is Cc1ccccc1CC(=O)NCCc1nc2ccccc2n1Cc1ccc(Br)cc1. The first-order chi connectivity index (χ1) is 14.6. The van der Waals surface area contributed by atoms with Crippen LogP contribution in [0.2, 0.25) is 0 Å². The second-order valence-electron chi connectivity index (χ2n) is 7.43. The van der Waals surface area contributed by atoms with Crippen LogP contribution in [0.3, 0.4) is 0 Å². The van der Waals surface area contributed by atoms with E-state index in [2.05, 4.69) is 56.1 Å². The summed E-state index contributed by atoms with van der Waals surface area (Å²) in [5, 5.41) is 3.05. The van der Waals surface area contributed by atoms with Crippen LogP contribution >= 0.6 is 15.9 Å². The number of fused-ring (bicyclic) bond motifs is 1. The quantitative estimate of drug-likeness (QED) is 0.418. The van der Waals surface area contributed by atoms with Crippen molar-refractivity contribution < 1.29 is 4.79 Å². The van der Waals surface area contributed by atoms with Crippen molar-refractivity contribution in [3.63, 3.8) is 0 Å². The molecular weight excluding hydrogens is 438 g/mol. The first kappa shape index (κ1) is 20.4. The van der Waals surface area contributed by atoms with Crippen LogP contribution < -0.4 is 5.32 Å². The molecule has 0 aliphatic heterocycles. The fourth-order valence-electron chi connectivity index (χ4n) is 3.62. The molecule has 0 saturated carbocycles. The van der Waals surface area contributed by atoms with Crippen molar-refractivity contribution in [2.45, 2.75) is 26.3 Å². The normalized spacial score (nSPS) is 11.0. The number of benzene rings is 3. The molecule has 0 atom stereocenters. The van der Waals surface area contributed by atoms with Crippen molar-refractivity contribution in [2.24, 2.45) is 0 Å². The first-order valence-electron chi connectivity index (χ1n) is 10.1. The average Bonchev–Trinajstić information content (AvgIpc) is 3.09. The zero-order valence-electron chi connectivity index (χ0n) is 16.9. The third-order valence-corrected chi connectivity index (χ3v) is 5.80. The summed E-state index contributed by atoms with van der Waals surface area (Å²) in [4.78, 5) is 17.2. The fraction of sp³-hybridized carbons (Fsp3) is 0.200. The molecule has 0 radical (unpaired) electrons. The van der Waals surface area contributed by atoms with Gasteiger partial charge in [0.2, 0.25) is 5.91 Å². The van der Waals surface area contributed by atoms with Gasteiger partial charge in [-0.2, -0.15) is 0 Å². The Morgan fingerprint density at radius 2 is 1.73 bits per heavy atom. The van der Waals surface area contributed by atoms with Crippen molar-refractivity contribution in [1.29, 1.82) is 0 Å². The minimum atomic E-state index is 0.0415. The molecule has 0 saturated heterocycles. The van der Waals surface area contributed by atoms with Gasteiger partial charge in [-0.1, -0.05) is 64.5 Å². The van der Waals surface area contributed by atoms with Crippen molar-refractivity contribution >= 4 is 32.9 Å². The molecular formula is C25H24BrN3O. The number of aryl methyl sites for hydroxylation is 1. The van der Waals surface area contributed by atoms with E-state index in [0.717, 1.165) is 39.0 Å². The number of aromatic nitrogens is 2. The van der Waals surface area contributed by atoms with E-state index in [1.807, 2.05) is 49.4 Å². The highest BCUT2D eigenvalue weighted by Crippen LogP contribution is 2.19. The first-order valence-corrected chi connectivity index (χ1v) is 10.9. The van der Waals surface area contributed by atoms with E-state index < -0.39 is 0 Å². The summed E-state index contributed by atoms with van der Waals surface area (Å²) >= 11 is 3.49. The van der Waals surface area contributed by atoms with Gasteiger partial charge in [-0.25, -0.2) is 4.98 Å². The van der Waals surface area contributed by atoms with Crippen LogP contribution in [-0.4, -0.2) is 22.0 Å². The Balaban J connectivity index is 1.46. The van der Waals surface area contributed by atoms with Crippen molar-refractivity contribution in [2.75, 3.05) is 6.54 Å². The van der Waals surface area contributed by atoms with Crippen molar-refractivity contribution in [3.8, 4) is 0 Å². The van der Waals surface area contributed by atoms with E-state index in [-0.39, 0.29) is 5.91 Å². The molecule has 30 heavy (non-hydrogen) atoms. The summed E-state index contributed by atoms with van der Waals surface area (Å²) in [5.41, 5.74) is 5.52. The number of imidazole rings is 1. The van der Waals surface area contributed by atoms with E-state index in [0.29, 0.717) is 19.4 Å². The second-order valence-corrected chi connectivity index (χ2v) is 8.35. The van der Waals surface area contributed by atoms with E-state index in [4.69, 9.17) is 4.98 Å². The molecule has 1 N–H and O–H groups in total.